The van der Waals surface area contributed by atoms with Crippen LogP contribution in [0.25, 0.3) is 10.8 Å². The Morgan fingerprint density at radius 3 is 2.66 bits per heavy atom. The van der Waals surface area contributed by atoms with Gasteiger partial charge in [0.05, 0.1) is 5.71 Å². The first-order valence-electron chi connectivity index (χ1n) is 12.7. The van der Waals surface area contributed by atoms with Crippen molar-refractivity contribution in [3.8, 4) is 5.75 Å². The van der Waals surface area contributed by atoms with E-state index in [-0.39, 0.29) is 5.91 Å². The largest absolute Gasteiger partial charge is 0.492 e. The molecular formula is C29H36N4O2. The molecule has 0 unspecified atom stereocenters. The van der Waals surface area contributed by atoms with Crippen LogP contribution in [0, 0.1) is 5.41 Å². The number of benzene rings is 3. The van der Waals surface area contributed by atoms with Gasteiger partial charge in [-0.15, -0.1) is 0 Å². The molecule has 3 aromatic carbocycles. The highest BCUT2D eigenvalue weighted by atomic mass is 16.5. The molecule has 35 heavy (non-hydrogen) atoms. The van der Waals surface area contributed by atoms with Crippen LogP contribution in [0.1, 0.15) is 61.0 Å². The molecule has 4 N–H and O–H groups in total. The first kappa shape index (κ1) is 24.7. The molecule has 4 rings (SSSR count). The van der Waals surface area contributed by atoms with Crippen molar-refractivity contribution in [1.29, 1.82) is 5.41 Å². The Kier molecular flexibility index (Phi) is 8.03. The Balaban J connectivity index is 1.49. The summed E-state index contributed by atoms with van der Waals surface area (Å²) in [7, 11) is 0. The molecule has 0 aromatic heterocycles. The summed E-state index contributed by atoms with van der Waals surface area (Å²) in [5.41, 5.74) is 8.81. The van der Waals surface area contributed by atoms with Crippen molar-refractivity contribution in [2.75, 3.05) is 32.0 Å². The van der Waals surface area contributed by atoms with Crippen molar-refractivity contribution in [3.63, 3.8) is 0 Å². The average molecular weight is 473 g/mol. The zero-order valence-electron chi connectivity index (χ0n) is 20.8. The highest BCUT2D eigenvalue weighted by molar-refractivity contribution is 6.16. The van der Waals surface area contributed by atoms with Gasteiger partial charge in [-0.2, -0.15) is 0 Å². The number of carbonyl (C=O) groups excluding carboxylic acids is 1. The number of hydrogen-bond donors (Lipinski definition) is 3. The van der Waals surface area contributed by atoms with Crippen molar-refractivity contribution >= 4 is 28.1 Å². The molecule has 6 heteroatoms. The molecule has 184 valence electrons. The number of likely N-dealkylation sites (N-methyl/N-ethyl adjacent to an activating group) is 1. The predicted molar refractivity (Wildman–Crippen MR) is 144 cm³/mol. The lowest BCUT2D eigenvalue weighted by Crippen LogP contribution is -2.33. The fourth-order valence-corrected chi connectivity index (χ4v) is 4.71. The van der Waals surface area contributed by atoms with Gasteiger partial charge in [-0.1, -0.05) is 38.5 Å². The van der Waals surface area contributed by atoms with E-state index in [4.69, 9.17) is 15.9 Å². The molecule has 0 saturated carbocycles. The SMILES string of the molecule is CCCCNC(=O)c1ccc(N)c(C(=N)c2ccc3cc(OC[C@@H]4CCCN4CC)ccc3c2)c1. The molecular weight excluding hydrogens is 436 g/mol. The van der Waals surface area contributed by atoms with Crippen LogP contribution in [-0.4, -0.2) is 48.8 Å². The molecule has 3 aromatic rings. The fourth-order valence-electron chi connectivity index (χ4n) is 4.71. The summed E-state index contributed by atoms with van der Waals surface area (Å²) >= 11 is 0. The van der Waals surface area contributed by atoms with E-state index >= 15 is 0 Å². The first-order chi connectivity index (χ1) is 17.0. The van der Waals surface area contributed by atoms with Gasteiger partial charge >= 0.3 is 0 Å². The summed E-state index contributed by atoms with van der Waals surface area (Å²) in [4.78, 5) is 15.0. The molecule has 1 heterocycles. The second kappa shape index (κ2) is 11.4. The Hall–Kier alpha value is -3.38. The number of nitrogens with zero attached hydrogens (tertiary/aromatic N) is 1. The molecule has 1 atom stereocenters. The number of ether oxygens (including phenoxy) is 1. The van der Waals surface area contributed by atoms with Crippen LogP contribution in [0.15, 0.2) is 54.6 Å². The summed E-state index contributed by atoms with van der Waals surface area (Å²) in [6.07, 6.45) is 4.39. The maximum atomic E-state index is 12.5. The van der Waals surface area contributed by atoms with E-state index < -0.39 is 0 Å². The Bertz CT molecular complexity index is 1210. The van der Waals surface area contributed by atoms with Gasteiger partial charge in [0.2, 0.25) is 0 Å². The lowest BCUT2D eigenvalue weighted by molar-refractivity contribution is 0.0953. The van der Waals surface area contributed by atoms with Crippen LogP contribution in [0.2, 0.25) is 0 Å². The van der Waals surface area contributed by atoms with Crippen LogP contribution in [0.4, 0.5) is 5.69 Å². The Labute approximate surface area is 208 Å². The maximum Gasteiger partial charge on any atom is 0.251 e. The average Bonchev–Trinajstić information content (AvgIpc) is 3.34. The van der Waals surface area contributed by atoms with Crippen molar-refractivity contribution in [3.05, 3.63) is 71.3 Å². The van der Waals surface area contributed by atoms with Gasteiger partial charge in [-0.3, -0.25) is 15.1 Å². The number of hydrogen-bond acceptors (Lipinski definition) is 5. The molecule has 0 aliphatic carbocycles. The highest BCUT2D eigenvalue weighted by Gasteiger charge is 2.23. The van der Waals surface area contributed by atoms with E-state index in [1.807, 2.05) is 30.3 Å². The minimum Gasteiger partial charge on any atom is -0.492 e. The lowest BCUT2D eigenvalue weighted by Gasteiger charge is -2.22. The van der Waals surface area contributed by atoms with Crippen molar-refractivity contribution in [2.24, 2.45) is 0 Å². The molecule has 1 amide bonds. The van der Waals surface area contributed by atoms with E-state index in [1.54, 1.807) is 18.2 Å². The van der Waals surface area contributed by atoms with Gasteiger partial charge < -0.3 is 15.8 Å². The lowest BCUT2D eigenvalue weighted by atomic mass is 9.96. The predicted octanol–water partition coefficient (Wildman–Crippen LogP) is 5.23. The number of likely N-dealkylation sites (tertiary alicyclic amines) is 1. The standard InChI is InChI=1S/C29H36N4O2/c1-3-5-14-32-29(34)23-11-13-27(30)26(18-23)28(31)22-9-8-21-17-25(12-10-20(21)16-22)35-19-24-7-6-15-33(24)4-2/h8-13,16-18,24,31H,3-7,14-15,19,30H2,1-2H3,(H,32,34)/t24-/m0/s1. The second-order valence-corrected chi connectivity index (χ2v) is 9.25. The topological polar surface area (TPSA) is 91.4 Å². The monoisotopic (exact) mass is 472 g/mol. The van der Waals surface area contributed by atoms with Crippen LogP contribution >= 0.6 is 0 Å². The number of anilines is 1. The second-order valence-electron chi connectivity index (χ2n) is 9.25. The number of nitrogen functional groups attached to an aromatic ring is 1. The summed E-state index contributed by atoms with van der Waals surface area (Å²) in [6, 6.07) is 17.6. The summed E-state index contributed by atoms with van der Waals surface area (Å²) in [5, 5.41) is 13.8. The quantitative estimate of drug-likeness (QED) is 0.214. The van der Waals surface area contributed by atoms with Gasteiger partial charge in [0.15, 0.2) is 0 Å². The number of amides is 1. The maximum absolute atomic E-state index is 12.5. The minimum absolute atomic E-state index is 0.141. The smallest absolute Gasteiger partial charge is 0.251 e. The van der Waals surface area contributed by atoms with Crippen LogP contribution < -0.4 is 15.8 Å². The van der Waals surface area contributed by atoms with E-state index in [1.165, 1.54) is 12.8 Å². The molecule has 6 nitrogen and oxygen atoms in total. The fraction of sp³-hybridized carbons (Fsp3) is 0.379. The molecule has 0 bridgehead atoms. The minimum atomic E-state index is -0.141. The van der Waals surface area contributed by atoms with Gasteiger partial charge in [-0.25, -0.2) is 0 Å². The zero-order valence-corrected chi connectivity index (χ0v) is 20.8. The van der Waals surface area contributed by atoms with Crippen LogP contribution in [-0.2, 0) is 0 Å². The van der Waals surface area contributed by atoms with Gasteiger partial charge in [-0.05, 0) is 79.5 Å². The van der Waals surface area contributed by atoms with Crippen molar-refractivity contribution < 1.29 is 9.53 Å². The highest BCUT2D eigenvalue weighted by Crippen LogP contribution is 2.26. The first-order valence-corrected chi connectivity index (χ1v) is 12.7. The van der Waals surface area contributed by atoms with Gasteiger partial charge in [0, 0.05) is 35.0 Å². The molecule has 1 fully saturated rings. The number of carbonyl (C=O) groups is 1. The normalized spacial score (nSPS) is 15.9. The molecule has 0 radical (unpaired) electrons. The number of nitrogens with one attached hydrogen (secondary N) is 2. The van der Waals surface area contributed by atoms with E-state index in [9.17, 15) is 4.79 Å². The third kappa shape index (κ3) is 5.82. The molecule has 1 saturated heterocycles. The molecule has 1 aliphatic heterocycles. The molecule has 1 aliphatic rings. The zero-order chi connectivity index (χ0) is 24.8. The van der Waals surface area contributed by atoms with Gasteiger partial charge in [0.25, 0.3) is 5.91 Å². The van der Waals surface area contributed by atoms with E-state index in [2.05, 4.69) is 30.1 Å². The van der Waals surface area contributed by atoms with E-state index in [0.29, 0.717) is 41.7 Å². The Morgan fingerprint density at radius 2 is 1.86 bits per heavy atom. The number of nitrogens with two attached hydrogens (primary N) is 1. The van der Waals surface area contributed by atoms with Crippen LogP contribution in [0.5, 0.6) is 5.75 Å². The number of rotatable bonds is 10. The van der Waals surface area contributed by atoms with Crippen LogP contribution in [0.3, 0.4) is 0 Å². The van der Waals surface area contributed by atoms with Crippen molar-refractivity contribution in [2.45, 2.75) is 45.6 Å². The third-order valence-electron chi connectivity index (χ3n) is 6.85. The number of unbranched alkanes of at least 4 members (excludes halogenated alkanes) is 1. The van der Waals surface area contributed by atoms with Gasteiger partial charge in [0.1, 0.15) is 12.4 Å². The summed E-state index contributed by atoms with van der Waals surface area (Å²) in [5.74, 6) is 0.729. The van der Waals surface area contributed by atoms with E-state index in [0.717, 1.165) is 48.0 Å². The summed E-state index contributed by atoms with van der Waals surface area (Å²) in [6.45, 7) is 7.87. The van der Waals surface area contributed by atoms with Crippen molar-refractivity contribution in [1.82, 2.24) is 10.2 Å². The number of fused-ring (bicyclic) bond motifs is 1. The molecule has 0 spiro atoms. The Morgan fingerprint density at radius 1 is 1.09 bits per heavy atom. The summed E-state index contributed by atoms with van der Waals surface area (Å²) < 4.78 is 6.13. The third-order valence-corrected chi connectivity index (χ3v) is 6.85.